The largest absolute Gasteiger partial charge is 0.293 e. The molecule has 0 aliphatic heterocycles. The molecular formula is C18H22Cl4I2N2O. The molecule has 2 unspecified atom stereocenters. The molecule has 0 radical (unpaired) electrons. The molecule has 0 spiro atoms. The second kappa shape index (κ2) is 12.7. The van der Waals surface area contributed by atoms with E-state index in [1.165, 1.54) is 25.7 Å². The highest BCUT2D eigenvalue weighted by Crippen LogP contribution is 2.36. The Balaban J connectivity index is 2.74. The number of alkyl halides is 4. The van der Waals surface area contributed by atoms with Crippen LogP contribution in [0.15, 0.2) is 22.4 Å². The molecular weight excluding hydrogens is 656 g/mol. The Morgan fingerprint density at radius 2 is 1.78 bits per heavy atom. The van der Waals surface area contributed by atoms with Gasteiger partial charge in [0.25, 0.3) is 4.46 Å². The molecule has 2 atom stereocenters. The molecule has 0 aliphatic carbocycles. The number of azo groups is 1. The first kappa shape index (κ1) is 26.1. The van der Waals surface area contributed by atoms with E-state index < -0.39 is 4.46 Å². The van der Waals surface area contributed by atoms with Crippen molar-refractivity contribution >= 4 is 103 Å². The fourth-order valence-electron chi connectivity index (χ4n) is 2.32. The highest BCUT2D eigenvalue weighted by atomic mass is 127. The average molecular weight is 678 g/mol. The van der Waals surface area contributed by atoms with Crippen LogP contribution in [0.3, 0.4) is 0 Å². The summed E-state index contributed by atoms with van der Waals surface area (Å²) in [5, 5.41) is 8.78. The second-order valence-corrected chi connectivity index (χ2v) is 11.3. The van der Waals surface area contributed by atoms with E-state index in [2.05, 4.69) is 62.3 Å². The number of ketones is 1. The lowest BCUT2D eigenvalue weighted by molar-refractivity contribution is -0.118. The van der Waals surface area contributed by atoms with E-state index >= 15 is 0 Å². The summed E-state index contributed by atoms with van der Waals surface area (Å²) in [6, 6.07) is 3.21. The van der Waals surface area contributed by atoms with Crippen LogP contribution in [-0.2, 0) is 4.79 Å². The first-order valence-corrected chi connectivity index (χ1v) is 12.7. The number of unbranched alkanes of at least 4 members (excludes halogenated alkanes) is 4. The van der Waals surface area contributed by atoms with E-state index in [1.807, 2.05) is 0 Å². The van der Waals surface area contributed by atoms with Crippen molar-refractivity contribution in [2.45, 2.75) is 64.7 Å². The summed E-state index contributed by atoms with van der Waals surface area (Å²) >= 11 is 28.8. The van der Waals surface area contributed by atoms with Crippen LogP contribution in [0.2, 0.25) is 10.0 Å². The number of benzene rings is 1. The van der Waals surface area contributed by atoms with E-state index in [1.54, 1.807) is 19.1 Å². The van der Waals surface area contributed by atoms with Crippen LogP contribution >= 0.6 is 91.6 Å². The van der Waals surface area contributed by atoms with Crippen LogP contribution < -0.4 is 0 Å². The van der Waals surface area contributed by atoms with Crippen molar-refractivity contribution in [1.29, 1.82) is 0 Å². The molecule has 0 heterocycles. The summed E-state index contributed by atoms with van der Waals surface area (Å²) in [5.74, 6) is -0.367. The first-order valence-electron chi connectivity index (χ1n) is 8.69. The number of halogens is 6. The van der Waals surface area contributed by atoms with Gasteiger partial charge in [-0.05, 0) is 31.0 Å². The van der Waals surface area contributed by atoms with Gasteiger partial charge in [-0.3, -0.25) is 4.79 Å². The topological polar surface area (TPSA) is 41.8 Å². The third kappa shape index (κ3) is 8.79. The molecule has 9 heteroatoms. The molecule has 0 bridgehead atoms. The lowest BCUT2D eigenvalue weighted by atomic mass is 10.1. The Labute approximate surface area is 208 Å². The molecule has 0 amide bonds. The molecule has 27 heavy (non-hydrogen) atoms. The normalized spacial score (nSPS) is 14.5. The number of carbonyl (C=O) groups excluding carboxylic acids is 1. The Morgan fingerprint density at radius 3 is 2.41 bits per heavy atom. The van der Waals surface area contributed by atoms with E-state index in [0.717, 1.165) is 12.8 Å². The van der Waals surface area contributed by atoms with Crippen LogP contribution in [-0.4, -0.2) is 18.1 Å². The minimum Gasteiger partial charge on any atom is -0.293 e. The first-order chi connectivity index (χ1) is 12.6. The van der Waals surface area contributed by atoms with Gasteiger partial charge in [0.05, 0.1) is 9.61 Å². The van der Waals surface area contributed by atoms with Gasteiger partial charge in [-0.25, -0.2) is 0 Å². The van der Waals surface area contributed by atoms with Crippen molar-refractivity contribution in [3.8, 4) is 0 Å². The fourth-order valence-corrected chi connectivity index (χ4v) is 5.06. The van der Waals surface area contributed by atoms with Crippen molar-refractivity contribution in [3.05, 3.63) is 27.7 Å². The Morgan fingerprint density at radius 1 is 1.15 bits per heavy atom. The van der Waals surface area contributed by atoms with E-state index in [4.69, 9.17) is 46.4 Å². The molecule has 0 fully saturated rings. The zero-order valence-corrected chi connectivity index (χ0v) is 22.5. The van der Waals surface area contributed by atoms with Gasteiger partial charge < -0.3 is 0 Å². The smallest absolute Gasteiger partial charge is 0.287 e. The van der Waals surface area contributed by atoms with Gasteiger partial charge in [-0.15, -0.1) is 5.11 Å². The highest BCUT2D eigenvalue weighted by Gasteiger charge is 2.40. The number of rotatable bonds is 11. The highest BCUT2D eigenvalue weighted by molar-refractivity contribution is 14.1. The molecule has 152 valence electrons. The van der Waals surface area contributed by atoms with Crippen LogP contribution in [0.4, 0.5) is 5.69 Å². The van der Waals surface area contributed by atoms with Crippen molar-refractivity contribution in [2.24, 2.45) is 10.2 Å². The zero-order valence-electron chi connectivity index (χ0n) is 15.1. The maximum absolute atomic E-state index is 12.7. The minimum absolute atomic E-state index is 0.131. The third-order valence-corrected chi connectivity index (χ3v) is 9.30. The standard InChI is InChI=1S/C18H22Cl4I2N2O/c1-3-4-5-6-7-8-14(23)16(24)17(27)18(21,22)26-25-15-10-12(19)9-13(20)11(15)2/h9-10,14,16H,3-8H2,1-2H3. The molecule has 0 N–H and O–H groups in total. The summed E-state index contributed by atoms with van der Waals surface area (Å²) < 4.78 is -2.17. The monoisotopic (exact) mass is 676 g/mol. The maximum Gasteiger partial charge on any atom is 0.287 e. The Bertz CT molecular complexity index is 671. The molecule has 3 nitrogen and oxygen atoms in total. The summed E-state index contributed by atoms with van der Waals surface area (Å²) in [6.07, 6.45) is 6.88. The number of hydrogen-bond acceptors (Lipinski definition) is 3. The van der Waals surface area contributed by atoms with Crippen molar-refractivity contribution in [2.75, 3.05) is 0 Å². The molecule has 0 saturated heterocycles. The second-order valence-electron chi connectivity index (χ2n) is 6.26. The molecule has 1 aromatic rings. The molecule has 1 aromatic carbocycles. The van der Waals surface area contributed by atoms with Gasteiger partial charge >= 0.3 is 0 Å². The zero-order chi connectivity index (χ0) is 20.6. The van der Waals surface area contributed by atoms with Crippen LogP contribution in [0, 0.1) is 6.92 Å². The van der Waals surface area contributed by atoms with E-state index in [0.29, 0.717) is 21.3 Å². The number of carbonyl (C=O) groups is 1. The van der Waals surface area contributed by atoms with E-state index in [-0.39, 0.29) is 13.6 Å². The van der Waals surface area contributed by atoms with Crippen LogP contribution in [0.5, 0.6) is 0 Å². The lowest BCUT2D eigenvalue weighted by Gasteiger charge is -2.20. The van der Waals surface area contributed by atoms with Crippen molar-refractivity contribution < 1.29 is 4.79 Å². The van der Waals surface area contributed by atoms with Gasteiger partial charge in [0.15, 0.2) is 0 Å². The summed E-state index contributed by atoms with van der Waals surface area (Å²) in [5.41, 5.74) is 1.12. The molecule has 0 saturated carbocycles. The predicted molar refractivity (Wildman–Crippen MR) is 134 cm³/mol. The van der Waals surface area contributed by atoms with Gasteiger partial charge in [0.1, 0.15) is 0 Å². The van der Waals surface area contributed by atoms with E-state index in [9.17, 15) is 4.79 Å². The number of hydrogen-bond donors (Lipinski definition) is 0. The lowest BCUT2D eigenvalue weighted by Crippen LogP contribution is -2.36. The maximum atomic E-state index is 12.7. The van der Waals surface area contributed by atoms with Gasteiger partial charge in [-0.2, -0.15) is 5.11 Å². The Hall–Kier alpha value is 1.11. The fraction of sp³-hybridized carbons (Fsp3) is 0.611. The molecule has 0 aliphatic rings. The summed E-state index contributed by atoms with van der Waals surface area (Å²) in [6.45, 7) is 3.97. The predicted octanol–water partition coefficient (Wildman–Crippen LogP) is 9.05. The quantitative estimate of drug-likeness (QED) is 0.0758. The Kier molecular flexibility index (Phi) is 12.3. The van der Waals surface area contributed by atoms with Gasteiger partial charge in [-0.1, -0.05) is 131 Å². The summed E-state index contributed by atoms with van der Waals surface area (Å²) in [4.78, 5) is 12.7. The number of nitrogens with zero attached hydrogens (tertiary/aromatic N) is 2. The molecule has 1 rings (SSSR count). The average Bonchev–Trinajstić information content (AvgIpc) is 2.61. The van der Waals surface area contributed by atoms with Gasteiger partial charge in [0.2, 0.25) is 5.78 Å². The van der Waals surface area contributed by atoms with Crippen LogP contribution in [0.25, 0.3) is 0 Å². The minimum atomic E-state index is -1.95. The van der Waals surface area contributed by atoms with Crippen molar-refractivity contribution in [3.63, 3.8) is 0 Å². The molecule has 0 aromatic heterocycles. The third-order valence-electron chi connectivity index (χ3n) is 4.01. The SMILES string of the molecule is CCCCCCCC(I)C(I)C(=O)C(Cl)(Cl)N=Nc1cc(Cl)cc(Cl)c1C. The van der Waals surface area contributed by atoms with Gasteiger partial charge in [0, 0.05) is 14.0 Å². The van der Waals surface area contributed by atoms with Crippen molar-refractivity contribution in [1.82, 2.24) is 0 Å². The number of Topliss-reactive ketones (excluding diaryl/α,β-unsaturated/α-hetero) is 1. The summed E-state index contributed by atoms with van der Waals surface area (Å²) in [7, 11) is 0. The van der Waals surface area contributed by atoms with Crippen LogP contribution in [0.1, 0.15) is 51.0 Å².